The minimum absolute atomic E-state index is 0.0152. The maximum Gasteiger partial charge on any atom is 0.316 e. The van der Waals surface area contributed by atoms with Crippen molar-refractivity contribution in [2.75, 3.05) is 19.7 Å². The Morgan fingerprint density at radius 1 is 1.32 bits per heavy atom. The number of ether oxygens (including phenoxy) is 2. The molecule has 25 heavy (non-hydrogen) atoms. The van der Waals surface area contributed by atoms with Crippen molar-refractivity contribution in [2.45, 2.75) is 51.4 Å². The predicted octanol–water partition coefficient (Wildman–Crippen LogP) is 2.28. The summed E-state index contributed by atoms with van der Waals surface area (Å²) in [6, 6.07) is 2.21. The van der Waals surface area contributed by atoms with Gasteiger partial charge in [-0.25, -0.2) is 9.97 Å². The molecule has 2 aromatic rings. The van der Waals surface area contributed by atoms with Gasteiger partial charge in [-0.2, -0.15) is 0 Å². The highest BCUT2D eigenvalue weighted by Crippen LogP contribution is 2.36. The third kappa shape index (κ3) is 3.52. The molecule has 0 radical (unpaired) electrons. The van der Waals surface area contributed by atoms with Gasteiger partial charge in [0, 0.05) is 37.5 Å². The van der Waals surface area contributed by atoms with Gasteiger partial charge in [0.25, 0.3) is 0 Å². The number of rotatable bonds is 4. The van der Waals surface area contributed by atoms with Gasteiger partial charge in [-0.15, -0.1) is 0 Å². The molecule has 2 fully saturated rings. The smallest absolute Gasteiger partial charge is 0.316 e. The SMILES string of the molecule is Cc1noc(C)c1CN1CCC[C@]2(C[C@H](Oc3ncccn3)CO2)C1. The second-order valence-corrected chi connectivity index (χ2v) is 7.09. The second kappa shape index (κ2) is 6.72. The molecule has 2 aromatic heterocycles. The zero-order valence-corrected chi connectivity index (χ0v) is 14.8. The first-order valence-electron chi connectivity index (χ1n) is 8.85. The Morgan fingerprint density at radius 3 is 2.92 bits per heavy atom. The van der Waals surface area contributed by atoms with Crippen molar-refractivity contribution in [1.29, 1.82) is 0 Å². The first-order valence-corrected chi connectivity index (χ1v) is 8.85. The number of nitrogens with zero attached hydrogens (tertiary/aromatic N) is 4. The summed E-state index contributed by atoms with van der Waals surface area (Å²) >= 11 is 0. The number of piperidine rings is 1. The second-order valence-electron chi connectivity index (χ2n) is 7.09. The topological polar surface area (TPSA) is 73.5 Å². The average Bonchev–Trinajstić information content (AvgIpc) is 3.14. The van der Waals surface area contributed by atoms with E-state index in [-0.39, 0.29) is 11.7 Å². The summed E-state index contributed by atoms with van der Waals surface area (Å²) in [7, 11) is 0. The number of hydrogen-bond donors (Lipinski definition) is 0. The fourth-order valence-corrected chi connectivity index (χ4v) is 3.93. The van der Waals surface area contributed by atoms with E-state index in [0.717, 1.165) is 50.4 Å². The van der Waals surface area contributed by atoms with Crippen LogP contribution in [0.2, 0.25) is 0 Å². The lowest BCUT2D eigenvalue weighted by molar-refractivity contribution is -0.0539. The van der Waals surface area contributed by atoms with Crippen LogP contribution in [-0.2, 0) is 11.3 Å². The van der Waals surface area contributed by atoms with Crippen LogP contribution in [0.4, 0.5) is 0 Å². The first-order chi connectivity index (χ1) is 12.1. The zero-order chi connectivity index (χ0) is 17.3. The van der Waals surface area contributed by atoms with Gasteiger partial charge in [0.05, 0.1) is 17.9 Å². The van der Waals surface area contributed by atoms with Crippen LogP contribution in [0.25, 0.3) is 0 Å². The molecule has 0 aliphatic carbocycles. The van der Waals surface area contributed by atoms with E-state index < -0.39 is 0 Å². The van der Waals surface area contributed by atoms with Gasteiger partial charge in [0.15, 0.2) is 0 Å². The van der Waals surface area contributed by atoms with Crippen molar-refractivity contribution in [3.8, 4) is 6.01 Å². The molecule has 0 N–H and O–H groups in total. The van der Waals surface area contributed by atoms with Gasteiger partial charge in [0.1, 0.15) is 11.9 Å². The summed E-state index contributed by atoms with van der Waals surface area (Å²) in [5.41, 5.74) is 2.05. The largest absolute Gasteiger partial charge is 0.458 e. The van der Waals surface area contributed by atoms with Crippen molar-refractivity contribution >= 4 is 0 Å². The van der Waals surface area contributed by atoms with Crippen molar-refractivity contribution in [2.24, 2.45) is 0 Å². The third-order valence-corrected chi connectivity index (χ3v) is 5.17. The molecule has 1 spiro atoms. The molecule has 0 aromatic carbocycles. The minimum Gasteiger partial charge on any atom is -0.458 e. The van der Waals surface area contributed by atoms with Crippen molar-refractivity contribution < 1.29 is 14.0 Å². The first kappa shape index (κ1) is 16.5. The number of aryl methyl sites for hydroxylation is 2. The van der Waals surface area contributed by atoms with Crippen molar-refractivity contribution in [1.82, 2.24) is 20.0 Å². The van der Waals surface area contributed by atoms with Gasteiger partial charge < -0.3 is 14.0 Å². The van der Waals surface area contributed by atoms with Crippen LogP contribution in [0.5, 0.6) is 6.01 Å². The van der Waals surface area contributed by atoms with Gasteiger partial charge in [-0.05, 0) is 39.3 Å². The fraction of sp³-hybridized carbons (Fsp3) is 0.611. The molecular formula is C18H24N4O3. The standard InChI is InChI=1S/C18H24N4O3/c1-13-16(14(2)25-21-13)10-22-8-3-5-18(12-22)9-15(11-23-18)24-17-19-6-4-7-20-17/h4,6-7,15H,3,5,8-12H2,1-2H3/t15-,18-/m0/s1. The predicted molar refractivity (Wildman–Crippen MR) is 90.2 cm³/mol. The Morgan fingerprint density at radius 2 is 2.16 bits per heavy atom. The molecule has 0 bridgehead atoms. The molecule has 2 saturated heterocycles. The van der Waals surface area contributed by atoms with E-state index in [2.05, 4.69) is 20.0 Å². The lowest BCUT2D eigenvalue weighted by Gasteiger charge is -2.39. The molecule has 7 heteroatoms. The lowest BCUT2D eigenvalue weighted by atomic mass is 9.89. The van der Waals surface area contributed by atoms with E-state index in [0.29, 0.717) is 12.6 Å². The summed E-state index contributed by atoms with van der Waals surface area (Å²) in [5, 5.41) is 4.06. The molecule has 0 amide bonds. The van der Waals surface area contributed by atoms with Crippen LogP contribution in [0, 0.1) is 13.8 Å². The molecular weight excluding hydrogens is 320 g/mol. The maximum absolute atomic E-state index is 6.21. The summed E-state index contributed by atoms with van der Waals surface area (Å²) < 4.78 is 17.4. The molecule has 0 saturated carbocycles. The van der Waals surface area contributed by atoms with Crippen LogP contribution >= 0.6 is 0 Å². The highest BCUT2D eigenvalue weighted by molar-refractivity contribution is 5.20. The Balaban J connectivity index is 1.39. The van der Waals surface area contributed by atoms with Crippen LogP contribution in [0.1, 0.15) is 36.3 Å². The Labute approximate surface area is 147 Å². The highest BCUT2D eigenvalue weighted by Gasteiger charge is 2.44. The highest BCUT2D eigenvalue weighted by atomic mass is 16.6. The molecule has 7 nitrogen and oxygen atoms in total. The van der Waals surface area contributed by atoms with Crippen LogP contribution in [-0.4, -0.2) is 51.4 Å². The zero-order valence-electron chi connectivity index (χ0n) is 14.8. The van der Waals surface area contributed by atoms with Gasteiger partial charge in [0.2, 0.25) is 0 Å². The number of hydrogen-bond acceptors (Lipinski definition) is 7. The summed E-state index contributed by atoms with van der Waals surface area (Å²) in [5.74, 6) is 0.909. The molecule has 4 heterocycles. The number of aromatic nitrogens is 3. The Bertz CT molecular complexity index is 701. The van der Waals surface area contributed by atoms with Crippen LogP contribution < -0.4 is 4.74 Å². The summed E-state index contributed by atoms with van der Waals surface area (Å²) in [4.78, 5) is 10.7. The maximum atomic E-state index is 6.21. The van der Waals surface area contributed by atoms with E-state index in [1.54, 1.807) is 18.5 Å². The molecule has 134 valence electrons. The minimum atomic E-state index is -0.128. The van der Waals surface area contributed by atoms with Gasteiger partial charge >= 0.3 is 6.01 Å². The monoisotopic (exact) mass is 344 g/mol. The van der Waals surface area contributed by atoms with Gasteiger partial charge in [-0.3, -0.25) is 4.90 Å². The van der Waals surface area contributed by atoms with Crippen molar-refractivity contribution in [3.05, 3.63) is 35.5 Å². The molecule has 2 atom stereocenters. The lowest BCUT2D eigenvalue weighted by Crippen LogP contribution is -2.47. The van der Waals surface area contributed by atoms with Crippen LogP contribution in [0.3, 0.4) is 0 Å². The molecule has 2 aliphatic rings. The van der Waals surface area contributed by atoms with E-state index in [9.17, 15) is 0 Å². The quantitative estimate of drug-likeness (QED) is 0.842. The summed E-state index contributed by atoms with van der Waals surface area (Å²) in [6.45, 7) is 7.41. The Hall–Kier alpha value is -1.99. The summed E-state index contributed by atoms with van der Waals surface area (Å²) in [6.07, 6.45) is 6.48. The van der Waals surface area contributed by atoms with E-state index >= 15 is 0 Å². The fourth-order valence-electron chi connectivity index (χ4n) is 3.93. The van der Waals surface area contributed by atoms with Crippen molar-refractivity contribution in [3.63, 3.8) is 0 Å². The number of likely N-dealkylation sites (tertiary alicyclic amines) is 1. The third-order valence-electron chi connectivity index (χ3n) is 5.17. The normalized spacial score (nSPS) is 27.0. The molecule has 0 unspecified atom stereocenters. The van der Waals surface area contributed by atoms with Crippen LogP contribution in [0.15, 0.2) is 23.0 Å². The van der Waals surface area contributed by atoms with E-state index in [1.165, 1.54) is 5.56 Å². The Kier molecular flexibility index (Phi) is 4.43. The average molecular weight is 344 g/mol. The van der Waals surface area contributed by atoms with E-state index in [1.807, 2.05) is 13.8 Å². The van der Waals surface area contributed by atoms with E-state index in [4.69, 9.17) is 14.0 Å². The molecule has 4 rings (SSSR count). The van der Waals surface area contributed by atoms with Gasteiger partial charge in [-0.1, -0.05) is 5.16 Å². The molecule has 2 aliphatic heterocycles.